The molecule has 0 saturated heterocycles. The smallest absolute Gasteiger partial charge is 0.178 e. The SMILES string of the molecule is CCCc1c(O)ccc(C(=O)CN)c1N. The van der Waals surface area contributed by atoms with Gasteiger partial charge in [-0.25, -0.2) is 0 Å². The van der Waals surface area contributed by atoms with Crippen LogP contribution in [0.3, 0.4) is 0 Å². The molecule has 15 heavy (non-hydrogen) atoms. The van der Waals surface area contributed by atoms with Crippen molar-refractivity contribution < 1.29 is 9.90 Å². The van der Waals surface area contributed by atoms with E-state index in [2.05, 4.69) is 0 Å². The summed E-state index contributed by atoms with van der Waals surface area (Å²) in [5.74, 6) is -0.0622. The fourth-order valence-corrected chi connectivity index (χ4v) is 1.52. The number of carbonyl (C=O) groups excluding carboxylic acids is 1. The Bertz CT molecular complexity index is 375. The Morgan fingerprint density at radius 3 is 2.67 bits per heavy atom. The number of hydrogen-bond donors (Lipinski definition) is 3. The van der Waals surface area contributed by atoms with E-state index >= 15 is 0 Å². The van der Waals surface area contributed by atoms with Crippen molar-refractivity contribution in [2.24, 2.45) is 5.73 Å². The Morgan fingerprint density at radius 1 is 1.47 bits per heavy atom. The van der Waals surface area contributed by atoms with E-state index in [1.54, 1.807) is 0 Å². The molecule has 0 spiro atoms. The first kappa shape index (κ1) is 11.5. The average molecular weight is 208 g/mol. The molecule has 0 unspecified atom stereocenters. The molecular weight excluding hydrogens is 192 g/mol. The molecule has 0 saturated carbocycles. The molecule has 82 valence electrons. The van der Waals surface area contributed by atoms with Crippen molar-refractivity contribution in [2.45, 2.75) is 19.8 Å². The highest BCUT2D eigenvalue weighted by molar-refractivity contribution is 6.02. The zero-order valence-electron chi connectivity index (χ0n) is 8.79. The number of aromatic hydroxyl groups is 1. The van der Waals surface area contributed by atoms with Crippen molar-refractivity contribution in [2.75, 3.05) is 12.3 Å². The predicted octanol–water partition coefficient (Wildman–Crippen LogP) is 1.07. The van der Waals surface area contributed by atoms with E-state index in [0.29, 0.717) is 23.2 Å². The van der Waals surface area contributed by atoms with Crippen LogP contribution >= 0.6 is 0 Å². The first-order valence-electron chi connectivity index (χ1n) is 4.95. The van der Waals surface area contributed by atoms with Gasteiger partial charge in [0.15, 0.2) is 5.78 Å². The molecule has 4 nitrogen and oxygen atoms in total. The summed E-state index contributed by atoms with van der Waals surface area (Å²) in [6.45, 7) is 1.91. The van der Waals surface area contributed by atoms with E-state index in [9.17, 15) is 9.90 Å². The second-order valence-electron chi connectivity index (χ2n) is 3.40. The zero-order chi connectivity index (χ0) is 11.4. The Kier molecular flexibility index (Phi) is 3.68. The van der Waals surface area contributed by atoms with Gasteiger partial charge in [0.2, 0.25) is 0 Å². The number of nitrogen functional groups attached to an aromatic ring is 1. The molecule has 0 aliphatic carbocycles. The number of nitrogens with two attached hydrogens (primary N) is 2. The number of hydrogen-bond acceptors (Lipinski definition) is 4. The Hall–Kier alpha value is -1.55. The van der Waals surface area contributed by atoms with Crippen LogP contribution in [0.1, 0.15) is 29.3 Å². The van der Waals surface area contributed by atoms with Crippen molar-refractivity contribution in [3.63, 3.8) is 0 Å². The lowest BCUT2D eigenvalue weighted by atomic mass is 10.00. The minimum atomic E-state index is -0.204. The third kappa shape index (κ3) is 2.27. The van der Waals surface area contributed by atoms with Gasteiger partial charge in [-0.1, -0.05) is 13.3 Å². The Balaban J connectivity index is 3.21. The molecule has 0 heterocycles. The lowest BCUT2D eigenvalue weighted by Gasteiger charge is -2.10. The standard InChI is InChI=1S/C11H16N2O2/c1-2-3-7-9(14)5-4-8(11(7)13)10(15)6-12/h4-5,14H,2-3,6,12-13H2,1H3. The monoisotopic (exact) mass is 208 g/mol. The molecule has 0 aliphatic heterocycles. The Labute approximate surface area is 88.9 Å². The third-order valence-electron chi connectivity index (χ3n) is 2.32. The molecule has 1 aromatic rings. The Morgan fingerprint density at radius 2 is 2.13 bits per heavy atom. The highest BCUT2D eigenvalue weighted by Gasteiger charge is 2.13. The van der Waals surface area contributed by atoms with Gasteiger partial charge in [-0.2, -0.15) is 0 Å². The molecular formula is C11H16N2O2. The van der Waals surface area contributed by atoms with Crippen LogP contribution in [0.25, 0.3) is 0 Å². The molecule has 0 bridgehead atoms. The van der Waals surface area contributed by atoms with E-state index < -0.39 is 0 Å². The predicted molar refractivity (Wildman–Crippen MR) is 59.9 cm³/mol. The highest BCUT2D eigenvalue weighted by atomic mass is 16.3. The first-order valence-corrected chi connectivity index (χ1v) is 4.95. The van der Waals surface area contributed by atoms with Crippen LogP contribution in [0, 0.1) is 0 Å². The van der Waals surface area contributed by atoms with Crippen molar-refractivity contribution in [3.05, 3.63) is 23.3 Å². The second-order valence-corrected chi connectivity index (χ2v) is 3.40. The summed E-state index contributed by atoms with van der Waals surface area (Å²) in [6, 6.07) is 3.00. The van der Waals surface area contributed by atoms with Crippen LogP contribution in [0.15, 0.2) is 12.1 Å². The second kappa shape index (κ2) is 4.79. The zero-order valence-corrected chi connectivity index (χ0v) is 8.79. The van der Waals surface area contributed by atoms with Crippen LogP contribution < -0.4 is 11.5 Å². The van der Waals surface area contributed by atoms with Gasteiger partial charge >= 0.3 is 0 Å². The maximum atomic E-state index is 11.4. The average Bonchev–Trinajstić information content (AvgIpc) is 2.23. The number of rotatable bonds is 4. The highest BCUT2D eigenvalue weighted by Crippen LogP contribution is 2.28. The minimum absolute atomic E-state index is 0.0689. The molecule has 5 N–H and O–H groups in total. The first-order chi connectivity index (χ1) is 7.11. The largest absolute Gasteiger partial charge is 0.508 e. The molecule has 1 rings (SSSR count). The molecule has 0 atom stereocenters. The number of phenols is 1. The summed E-state index contributed by atoms with van der Waals surface area (Å²) in [5.41, 5.74) is 12.5. The van der Waals surface area contributed by atoms with E-state index in [-0.39, 0.29) is 18.1 Å². The lowest BCUT2D eigenvalue weighted by Crippen LogP contribution is -2.16. The van der Waals surface area contributed by atoms with Gasteiger partial charge < -0.3 is 16.6 Å². The van der Waals surface area contributed by atoms with Crippen LogP contribution in [0.5, 0.6) is 5.75 Å². The van der Waals surface area contributed by atoms with E-state index in [1.165, 1.54) is 12.1 Å². The molecule has 0 aromatic heterocycles. The van der Waals surface area contributed by atoms with Gasteiger partial charge in [0.25, 0.3) is 0 Å². The van der Waals surface area contributed by atoms with Gasteiger partial charge in [-0.05, 0) is 18.6 Å². The topological polar surface area (TPSA) is 89.3 Å². The number of anilines is 1. The minimum Gasteiger partial charge on any atom is -0.508 e. The molecule has 0 amide bonds. The van der Waals surface area contributed by atoms with Gasteiger partial charge in [0, 0.05) is 16.8 Å². The fourth-order valence-electron chi connectivity index (χ4n) is 1.52. The van der Waals surface area contributed by atoms with Crippen molar-refractivity contribution in [1.82, 2.24) is 0 Å². The van der Waals surface area contributed by atoms with Crippen molar-refractivity contribution in [1.29, 1.82) is 0 Å². The van der Waals surface area contributed by atoms with E-state index in [1.807, 2.05) is 6.92 Å². The summed E-state index contributed by atoms with van der Waals surface area (Å²) >= 11 is 0. The van der Waals surface area contributed by atoms with Gasteiger partial charge in [0.05, 0.1) is 6.54 Å². The normalized spacial score (nSPS) is 10.3. The molecule has 1 aromatic carbocycles. The van der Waals surface area contributed by atoms with Gasteiger partial charge in [0.1, 0.15) is 5.75 Å². The molecule has 0 fully saturated rings. The summed E-state index contributed by atoms with van der Waals surface area (Å²) in [7, 11) is 0. The van der Waals surface area contributed by atoms with Crippen LogP contribution in [-0.2, 0) is 6.42 Å². The van der Waals surface area contributed by atoms with E-state index in [0.717, 1.165) is 6.42 Å². The number of ketones is 1. The van der Waals surface area contributed by atoms with Crippen molar-refractivity contribution in [3.8, 4) is 5.75 Å². The number of Topliss-reactive ketones (excluding diaryl/α,β-unsaturated/α-hetero) is 1. The molecule has 4 heteroatoms. The maximum Gasteiger partial charge on any atom is 0.178 e. The summed E-state index contributed by atoms with van der Waals surface area (Å²) < 4.78 is 0. The maximum absolute atomic E-state index is 11.4. The lowest BCUT2D eigenvalue weighted by molar-refractivity contribution is 0.100. The van der Waals surface area contributed by atoms with Gasteiger partial charge in [-0.15, -0.1) is 0 Å². The number of phenolic OH excluding ortho intramolecular Hbond substituents is 1. The summed E-state index contributed by atoms with van der Waals surface area (Å²) in [4.78, 5) is 11.4. The summed E-state index contributed by atoms with van der Waals surface area (Å²) in [5, 5.41) is 9.58. The third-order valence-corrected chi connectivity index (χ3v) is 2.32. The molecule has 0 radical (unpaired) electrons. The van der Waals surface area contributed by atoms with Crippen LogP contribution in [0.4, 0.5) is 5.69 Å². The number of benzene rings is 1. The fraction of sp³-hybridized carbons (Fsp3) is 0.364. The quantitative estimate of drug-likeness (QED) is 0.510. The van der Waals surface area contributed by atoms with E-state index in [4.69, 9.17) is 11.5 Å². The molecule has 0 aliphatic rings. The van der Waals surface area contributed by atoms with Gasteiger partial charge in [-0.3, -0.25) is 4.79 Å². The van der Waals surface area contributed by atoms with Crippen molar-refractivity contribution >= 4 is 11.5 Å². The van der Waals surface area contributed by atoms with Crippen LogP contribution in [0.2, 0.25) is 0 Å². The number of carbonyl (C=O) groups is 1. The van der Waals surface area contributed by atoms with Crippen LogP contribution in [-0.4, -0.2) is 17.4 Å². The summed E-state index contributed by atoms with van der Waals surface area (Å²) in [6.07, 6.45) is 1.52.